The van der Waals surface area contributed by atoms with Crippen molar-refractivity contribution in [2.45, 2.75) is 32.0 Å². The van der Waals surface area contributed by atoms with Gasteiger partial charge in [-0.15, -0.1) is 0 Å². The van der Waals surface area contributed by atoms with Gasteiger partial charge in [0.05, 0.1) is 11.6 Å². The fourth-order valence-electron chi connectivity index (χ4n) is 4.55. The molecule has 35 heavy (non-hydrogen) atoms. The van der Waals surface area contributed by atoms with Crippen molar-refractivity contribution in [1.29, 1.82) is 0 Å². The second-order valence-electron chi connectivity index (χ2n) is 9.27. The van der Waals surface area contributed by atoms with E-state index in [1.165, 1.54) is 12.1 Å². The average Bonchev–Trinajstić information content (AvgIpc) is 3.27. The summed E-state index contributed by atoms with van der Waals surface area (Å²) < 4.78 is 33.7. The van der Waals surface area contributed by atoms with Crippen LogP contribution in [-0.4, -0.2) is 29.6 Å². The third-order valence-corrected chi connectivity index (χ3v) is 6.96. The van der Waals surface area contributed by atoms with E-state index < -0.39 is 11.5 Å². The minimum absolute atomic E-state index is 0.0938. The lowest BCUT2D eigenvalue weighted by atomic mass is 9.94. The molecule has 4 nitrogen and oxygen atoms in total. The van der Waals surface area contributed by atoms with Crippen LogP contribution < -0.4 is 5.73 Å². The van der Waals surface area contributed by atoms with E-state index in [1.807, 2.05) is 30.3 Å². The van der Waals surface area contributed by atoms with E-state index in [-0.39, 0.29) is 17.5 Å². The summed E-state index contributed by atoms with van der Waals surface area (Å²) >= 11 is 6.38. The van der Waals surface area contributed by atoms with E-state index in [4.69, 9.17) is 21.8 Å². The highest BCUT2D eigenvalue weighted by molar-refractivity contribution is 6.33. The van der Waals surface area contributed by atoms with Crippen molar-refractivity contribution in [3.63, 3.8) is 0 Å². The van der Waals surface area contributed by atoms with Gasteiger partial charge >= 0.3 is 0 Å². The first-order chi connectivity index (χ1) is 16.7. The molecule has 2 heterocycles. The zero-order chi connectivity index (χ0) is 24.7. The van der Waals surface area contributed by atoms with Gasteiger partial charge in [-0.2, -0.15) is 0 Å². The van der Waals surface area contributed by atoms with Crippen LogP contribution in [0.2, 0.25) is 5.02 Å². The second kappa shape index (κ2) is 9.10. The van der Waals surface area contributed by atoms with E-state index in [2.05, 4.69) is 0 Å². The summed E-state index contributed by atoms with van der Waals surface area (Å²) in [4.78, 5) is 14.6. The molecular formula is C28H25ClF2N2O2. The molecule has 0 saturated carbocycles. The van der Waals surface area contributed by atoms with Crippen LogP contribution in [0.25, 0.3) is 33.2 Å². The highest BCUT2D eigenvalue weighted by atomic mass is 35.5. The van der Waals surface area contributed by atoms with Gasteiger partial charge in [-0.05, 0) is 79.4 Å². The fourth-order valence-corrected chi connectivity index (χ4v) is 4.81. The smallest absolute Gasteiger partial charge is 0.253 e. The normalized spacial score (nSPS) is 15.5. The molecular weight excluding hydrogens is 470 g/mol. The number of likely N-dealkylation sites (tertiary alicyclic amines) is 1. The molecule has 3 aromatic carbocycles. The molecule has 4 aromatic rings. The summed E-state index contributed by atoms with van der Waals surface area (Å²) in [6.45, 7) is 2.66. The molecule has 0 spiro atoms. The number of furan rings is 1. The summed E-state index contributed by atoms with van der Waals surface area (Å²) in [6.07, 6.45) is 0.697. The standard InChI is InChI=1S/C28H25ClF2N2O2/c1-28(31)8-10-33(11-9-28)27(34)18-4-2-17(3-5-18)19-12-20-13-22(16-32)35-26(20)24(14-19)23-7-6-21(30)15-25(23)29/h2-7,12-15H,8-11,16,32H2,1H3. The highest BCUT2D eigenvalue weighted by Crippen LogP contribution is 2.39. The van der Waals surface area contributed by atoms with Crippen LogP contribution in [0.15, 0.2) is 65.1 Å². The fraction of sp³-hybridized carbons (Fsp3) is 0.250. The topological polar surface area (TPSA) is 59.5 Å². The van der Waals surface area contributed by atoms with Crippen molar-refractivity contribution in [3.8, 4) is 22.3 Å². The molecule has 1 amide bonds. The molecule has 1 aromatic heterocycles. The molecule has 0 unspecified atom stereocenters. The summed E-state index contributed by atoms with van der Waals surface area (Å²) in [6, 6.07) is 17.4. The van der Waals surface area contributed by atoms with Crippen molar-refractivity contribution >= 4 is 28.5 Å². The van der Waals surface area contributed by atoms with Gasteiger partial charge in [0.15, 0.2) is 0 Å². The van der Waals surface area contributed by atoms with Crippen molar-refractivity contribution in [2.75, 3.05) is 13.1 Å². The number of nitrogens with zero attached hydrogens (tertiary/aromatic N) is 1. The van der Waals surface area contributed by atoms with Crippen molar-refractivity contribution in [2.24, 2.45) is 5.73 Å². The van der Waals surface area contributed by atoms with Crippen molar-refractivity contribution < 1.29 is 18.0 Å². The Bertz CT molecular complexity index is 1400. The zero-order valence-corrected chi connectivity index (χ0v) is 20.0. The maximum Gasteiger partial charge on any atom is 0.253 e. The van der Waals surface area contributed by atoms with Crippen LogP contribution in [0, 0.1) is 5.82 Å². The van der Waals surface area contributed by atoms with Gasteiger partial charge in [0.1, 0.15) is 22.8 Å². The molecule has 0 radical (unpaired) electrons. The van der Waals surface area contributed by atoms with E-state index >= 15 is 0 Å². The summed E-state index contributed by atoms with van der Waals surface area (Å²) in [5, 5.41) is 1.13. The third-order valence-electron chi connectivity index (χ3n) is 6.65. The number of carbonyl (C=O) groups is 1. The van der Waals surface area contributed by atoms with Crippen molar-refractivity contribution in [3.05, 3.63) is 82.8 Å². The number of alkyl halides is 1. The summed E-state index contributed by atoms with van der Waals surface area (Å²) in [5.74, 6) is 0.116. The Morgan fingerprint density at radius 1 is 1.03 bits per heavy atom. The molecule has 0 bridgehead atoms. The molecule has 1 saturated heterocycles. The summed E-state index contributed by atoms with van der Waals surface area (Å²) in [5.41, 5.74) is 8.94. The SMILES string of the molecule is CC1(F)CCN(C(=O)c2ccc(-c3cc(-c4ccc(F)cc4Cl)c4oc(CN)cc4c3)cc2)CC1. The van der Waals surface area contributed by atoms with Gasteiger partial charge in [0, 0.05) is 35.2 Å². The minimum atomic E-state index is -1.21. The number of amides is 1. The quantitative estimate of drug-likeness (QED) is 0.333. The Balaban J connectivity index is 1.50. The molecule has 0 atom stereocenters. The van der Waals surface area contributed by atoms with Crippen LogP contribution in [0.4, 0.5) is 8.78 Å². The molecule has 1 fully saturated rings. The lowest BCUT2D eigenvalue weighted by Crippen LogP contribution is -2.43. The number of fused-ring (bicyclic) bond motifs is 1. The Morgan fingerprint density at radius 3 is 2.40 bits per heavy atom. The number of hydrogen-bond donors (Lipinski definition) is 1. The van der Waals surface area contributed by atoms with Gasteiger partial charge < -0.3 is 15.1 Å². The lowest BCUT2D eigenvalue weighted by molar-refractivity contribution is 0.0504. The van der Waals surface area contributed by atoms with Crippen LogP contribution >= 0.6 is 11.6 Å². The van der Waals surface area contributed by atoms with Crippen LogP contribution in [-0.2, 0) is 6.54 Å². The maximum absolute atomic E-state index is 14.1. The number of piperidine rings is 1. The number of rotatable bonds is 4. The Hall–Kier alpha value is -3.22. The molecule has 1 aliphatic heterocycles. The van der Waals surface area contributed by atoms with E-state index in [0.717, 1.165) is 22.1 Å². The predicted octanol–water partition coefficient (Wildman–Crippen LogP) is 6.98. The minimum Gasteiger partial charge on any atom is -0.459 e. The molecule has 0 aliphatic carbocycles. The van der Waals surface area contributed by atoms with Crippen LogP contribution in [0.5, 0.6) is 0 Å². The Kier molecular flexibility index (Phi) is 6.11. The number of carbonyl (C=O) groups excluding carboxylic acids is 1. The zero-order valence-electron chi connectivity index (χ0n) is 19.3. The van der Waals surface area contributed by atoms with Gasteiger partial charge in [-0.25, -0.2) is 8.78 Å². The van der Waals surface area contributed by atoms with E-state index in [0.29, 0.717) is 48.4 Å². The Labute approximate surface area is 207 Å². The van der Waals surface area contributed by atoms with Crippen LogP contribution in [0.3, 0.4) is 0 Å². The predicted molar refractivity (Wildman–Crippen MR) is 135 cm³/mol. The second-order valence-corrected chi connectivity index (χ2v) is 9.67. The number of benzene rings is 3. The van der Waals surface area contributed by atoms with Gasteiger partial charge in [-0.3, -0.25) is 4.79 Å². The first-order valence-corrected chi connectivity index (χ1v) is 11.9. The van der Waals surface area contributed by atoms with Gasteiger partial charge in [-0.1, -0.05) is 23.7 Å². The van der Waals surface area contributed by atoms with Crippen molar-refractivity contribution in [1.82, 2.24) is 4.90 Å². The number of halogens is 3. The number of nitrogens with two attached hydrogens (primary N) is 1. The molecule has 5 rings (SSSR count). The average molecular weight is 495 g/mol. The molecule has 2 N–H and O–H groups in total. The monoisotopic (exact) mass is 494 g/mol. The largest absolute Gasteiger partial charge is 0.459 e. The van der Waals surface area contributed by atoms with Gasteiger partial charge in [0.25, 0.3) is 5.91 Å². The molecule has 1 aliphatic rings. The van der Waals surface area contributed by atoms with E-state index in [1.54, 1.807) is 30.0 Å². The maximum atomic E-state index is 14.1. The van der Waals surface area contributed by atoms with Gasteiger partial charge in [0.2, 0.25) is 0 Å². The molecule has 180 valence electrons. The first kappa shape index (κ1) is 23.5. The van der Waals surface area contributed by atoms with Crippen LogP contribution in [0.1, 0.15) is 35.9 Å². The third kappa shape index (κ3) is 4.68. The Morgan fingerprint density at radius 2 is 1.74 bits per heavy atom. The first-order valence-electron chi connectivity index (χ1n) is 11.5. The summed E-state index contributed by atoms with van der Waals surface area (Å²) in [7, 11) is 0. The van der Waals surface area contributed by atoms with E-state index in [9.17, 15) is 13.6 Å². The number of hydrogen-bond acceptors (Lipinski definition) is 3. The molecule has 7 heteroatoms. The highest BCUT2D eigenvalue weighted by Gasteiger charge is 2.31. The lowest BCUT2D eigenvalue weighted by Gasteiger charge is -2.34.